The third kappa shape index (κ3) is 3.18. The summed E-state index contributed by atoms with van der Waals surface area (Å²) in [4.78, 5) is 4.59. The highest BCUT2D eigenvalue weighted by Gasteiger charge is 2.16. The highest BCUT2D eigenvalue weighted by Crippen LogP contribution is 2.37. The first kappa shape index (κ1) is 15.0. The molecule has 2 aromatic carbocycles. The molecule has 0 radical (unpaired) electrons. The van der Waals surface area contributed by atoms with Gasteiger partial charge in [0.25, 0.3) is 0 Å². The molecule has 0 saturated heterocycles. The molecule has 0 fully saturated rings. The van der Waals surface area contributed by atoms with Crippen LogP contribution < -0.4 is 0 Å². The highest BCUT2D eigenvalue weighted by molar-refractivity contribution is 8.13. The molecular formula is C13H13NO4S2. The summed E-state index contributed by atoms with van der Waals surface area (Å²) in [5, 5.41) is 3.73. The van der Waals surface area contributed by atoms with Crippen molar-refractivity contribution in [1.82, 2.24) is 0 Å². The van der Waals surface area contributed by atoms with Crippen LogP contribution in [-0.4, -0.2) is 31.4 Å². The monoisotopic (exact) mass is 311 g/mol. The van der Waals surface area contributed by atoms with Crippen molar-refractivity contribution in [1.29, 1.82) is 0 Å². The van der Waals surface area contributed by atoms with Crippen molar-refractivity contribution in [2.45, 2.75) is 0 Å². The predicted octanol–water partition coefficient (Wildman–Crippen LogP) is 3.03. The standard InChI is InChI=1S/C12H9NS.CH4O4S/c1-14-12-9-6-2-4-8-5-3-7-10(13-12)11(8)9;1-5-6(2,3)4/h2-7H,1H3;1H3,(H,2,3,4). The van der Waals surface area contributed by atoms with E-state index in [-0.39, 0.29) is 0 Å². The zero-order valence-electron chi connectivity index (χ0n) is 10.9. The fourth-order valence-corrected chi connectivity index (χ4v) is 2.50. The van der Waals surface area contributed by atoms with Gasteiger partial charge in [-0.25, -0.2) is 4.99 Å². The molecule has 1 heterocycles. The summed E-state index contributed by atoms with van der Waals surface area (Å²) < 4.78 is 29.7. The SMILES string of the molecule is COS(=O)(=O)O.CSC1=Nc2cccc3cccc1c23. The minimum absolute atomic E-state index is 0.870. The van der Waals surface area contributed by atoms with E-state index in [1.54, 1.807) is 11.8 Å². The van der Waals surface area contributed by atoms with Crippen molar-refractivity contribution in [2.75, 3.05) is 13.4 Å². The van der Waals surface area contributed by atoms with E-state index in [2.05, 4.69) is 51.8 Å². The zero-order valence-corrected chi connectivity index (χ0v) is 12.5. The van der Waals surface area contributed by atoms with Crippen LogP contribution in [0, 0.1) is 0 Å². The van der Waals surface area contributed by atoms with Gasteiger partial charge in [-0.15, -0.1) is 11.8 Å². The van der Waals surface area contributed by atoms with E-state index in [9.17, 15) is 8.42 Å². The Morgan fingerprint density at radius 1 is 1.20 bits per heavy atom. The number of nitrogens with zero attached hydrogens (tertiary/aromatic N) is 1. The molecule has 0 amide bonds. The van der Waals surface area contributed by atoms with Crippen LogP contribution in [0.2, 0.25) is 0 Å². The average Bonchev–Trinajstić information content (AvgIpc) is 2.80. The largest absolute Gasteiger partial charge is 0.397 e. The Bertz CT molecular complexity index is 764. The fourth-order valence-electron chi connectivity index (χ4n) is 1.92. The second-order valence-electron chi connectivity index (χ2n) is 3.90. The third-order valence-corrected chi connectivity index (χ3v) is 3.86. The van der Waals surface area contributed by atoms with Gasteiger partial charge in [0.1, 0.15) is 5.04 Å². The second kappa shape index (κ2) is 5.92. The van der Waals surface area contributed by atoms with Crippen LogP contribution in [0.5, 0.6) is 0 Å². The molecule has 3 rings (SSSR count). The summed E-state index contributed by atoms with van der Waals surface area (Å²) in [6.07, 6.45) is 2.07. The van der Waals surface area contributed by atoms with Crippen LogP contribution in [0.15, 0.2) is 41.4 Å². The Kier molecular flexibility index (Phi) is 4.44. The molecular weight excluding hydrogens is 298 g/mol. The Hall–Kier alpha value is -1.41. The normalized spacial score (nSPS) is 12.8. The summed E-state index contributed by atoms with van der Waals surface area (Å²) in [6, 6.07) is 12.7. The minimum Gasteiger partial charge on any atom is -0.264 e. The topological polar surface area (TPSA) is 76.0 Å². The smallest absolute Gasteiger partial charge is 0.264 e. The molecule has 20 heavy (non-hydrogen) atoms. The van der Waals surface area contributed by atoms with Crippen LogP contribution in [-0.2, 0) is 14.6 Å². The van der Waals surface area contributed by atoms with E-state index in [1.165, 1.54) is 16.3 Å². The minimum atomic E-state index is -4.16. The van der Waals surface area contributed by atoms with Gasteiger partial charge in [0, 0.05) is 10.9 Å². The Morgan fingerprint density at radius 2 is 1.80 bits per heavy atom. The molecule has 0 bridgehead atoms. The molecule has 0 unspecified atom stereocenters. The van der Waals surface area contributed by atoms with Gasteiger partial charge in [-0.2, -0.15) is 8.42 Å². The molecule has 0 spiro atoms. The summed E-state index contributed by atoms with van der Waals surface area (Å²) in [7, 11) is -3.29. The first-order valence-electron chi connectivity index (χ1n) is 5.64. The van der Waals surface area contributed by atoms with Crippen LogP contribution in [0.25, 0.3) is 10.8 Å². The Labute approximate surface area is 121 Å². The Morgan fingerprint density at radius 3 is 2.35 bits per heavy atom. The number of benzene rings is 2. The lowest BCUT2D eigenvalue weighted by Crippen LogP contribution is -1.96. The first-order chi connectivity index (χ1) is 9.46. The highest BCUT2D eigenvalue weighted by atomic mass is 32.3. The van der Waals surface area contributed by atoms with Gasteiger partial charge in [0.2, 0.25) is 0 Å². The number of aliphatic imine (C=N–C) groups is 1. The van der Waals surface area contributed by atoms with Crippen LogP contribution >= 0.6 is 11.8 Å². The maximum absolute atomic E-state index is 9.33. The summed E-state index contributed by atoms with van der Waals surface area (Å²) in [6.45, 7) is 0. The lowest BCUT2D eigenvalue weighted by Gasteiger charge is -2.00. The van der Waals surface area contributed by atoms with Crippen molar-refractivity contribution in [3.63, 3.8) is 0 Å². The van der Waals surface area contributed by atoms with Crippen molar-refractivity contribution in [3.8, 4) is 0 Å². The molecule has 1 N–H and O–H groups in total. The summed E-state index contributed by atoms with van der Waals surface area (Å²) in [5.74, 6) is 0. The molecule has 0 aromatic heterocycles. The predicted molar refractivity (Wildman–Crippen MR) is 82.2 cm³/mol. The maximum atomic E-state index is 9.33. The van der Waals surface area contributed by atoms with Crippen LogP contribution in [0.1, 0.15) is 5.56 Å². The van der Waals surface area contributed by atoms with Gasteiger partial charge in [-0.05, 0) is 17.7 Å². The molecule has 0 atom stereocenters. The van der Waals surface area contributed by atoms with Gasteiger partial charge < -0.3 is 0 Å². The van der Waals surface area contributed by atoms with E-state index in [0.29, 0.717) is 0 Å². The van der Waals surface area contributed by atoms with E-state index in [1.807, 2.05) is 0 Å². The molecule has 7 heteroatoms. The molecule has 0 aliphatic carbocycles. The molecule has 1 aliphatic heterocycles. The van der Waals surface area contributed by atoms with Crippen LogP contribution in [0.4, 0.5) is 5.69 Å². The fraction of sp³-hybridized carbons (Fsp3) is 0.154. The van der Waals surface area contributed by atoms with Crippen LogP contribution in [0.3, 0.4) is 0 Å². The van der Waals surface area contributed by atoms with Gasteiger partial charge in [0.05, 0.1) is 12.8 Å². The van der Waals surface area contributed by atoms with Crippen molar-refractivity contribution >= 4 is 43.7 Å². The van der Waals surface area contributed by atoms with Crippen molar-refractivity contribution < 1.29 is 17.2 Å². The average molecular weight is 311 g/mol. The summed E-state index contributed by atoms with van der Waals surface area (Å²) >= 11 is 1.71. The Balaban J connectivity index is 0.000000212. The third-order valence-electron chi connectivity index (χ3n) is 2.74. The van der Waals surface area contributed by atoms with E-state index in [0.717, 1.165) is 17.8 Å². The quantitative estimate of drug-likeness (QED) is 0.819. The molecule has 0 saturated carbocycles. The number of hydrogen-bond donors (Lipinski definition) is 1. The molecule has 2 aromatic rings. The van der Waals surface area contributed by atoms with Gasteiger partial charge in [-0.3, -0.25) is 8.74 Å². The van der Waals surface area contributed by atoms with Gasteiger partial charge in [-0.1, -0.05) is 30.3 Å². The van der Waals surface area contributed by atoms with Gasteiger partial charge >= 0.3 is 10.4 Å². The van der Waals surface area contributed by atoms with E-state index in [4.69, 9.17) is 4.55 Å². The molecule has 106 valence electrons. The van der Waals surface area contributed by atoms with Crippen molar-refractivity contribution in [2.24, 2.45) is 4.99 Å². The number of thioether (sulfide) groups is 1. The zero-order chi connectivity index (χ0) is 14.8. The lowest BCUT2D eigenvalue weighted by atomic mass is 10.1. The lowest BCUT2D eigenvalue weighted by molar-refractivity contribution is 0.324. The van der Waals surface area contributed by atoms with Gasteiger partial charge in [0.15, 0.2) is 0 Å². The van der Waals surface area contributed by atoms with E-state index < -0.39 is 10.4 Å². The van der Waals surface area contributed by atoms with Crippen molar-refractivity contribution in [3.05, 3.63) is 42.0 Å². The first-order valence-corrected chi connectivity index (χ1v) is 8.23. The number of rotatable bonds is 1. The number of hydrogen-bond acceptors (Lipinski definition) is 5. The molecule has 1 aliphatic rings. The molecule has 5 nitrogen and oxygen atoms in total. The maximum Gasteiger partial charge on any atom is 0.397 e. The van der Waals surface area contributed by atoms with E-state index >= 15 is 0 Å². The second-order valence-corrected chi connectivity index (χ2v) is 5.88. The summed E-state index contributed by atoms with van der Waals surface area (Å²) in [5.41, 5.74) is 2.40.